The van der Waals surface area contributed by atoms with E-state index in [1.165, 1.54) is 0 Å². The van der Waals surface area contributed by atoms with Crippen LogP contribution in [-0.2, 0) is 9.63 Å². The van der Waals surface area contributed by atoms with Crippen LogP contribution in [0.3, 0.4) is 0 Å². The van der Waals surface area contributed by atoms with Gasteiger partial charge in [0.1, 0.15) is 5.71 Å². The Labute approximate surface area is 147 Å². The van der Waals surface area contributed by atoms with Crippen LogP contribution in [0, 0.1) is 0 Å². The van der Waals surface area contributed by atoms with E-state index < -0.39 is 5.97 Å². The second kappa shape index (κ2) is 7.93. The molecule has 0 amide bonds. The Bertz CT molecular complexity index is 837. The maximum absolute atomic E-state index is 11.8. The number of carbonyl (C=O) groups excluding carboxylic acids is 1. The molecule has 2 heterocycles. The van der Waals surface area contributed by atoms with E-state index >= 15 is 0 Å². The molecule has 0 bridgehead atoms. The van der Waals surface area contributed by atoms with Crippen LogP contribution in [0.1, 0.15) is 5.56 Å². The van der Waals surface area contributed by atoms with Crippen LogP contribution in [-0.4, -0.2) is 23.6 Å². The van der Waals surface area contributed by atoms with Crippen LogP contribution in [0.4, 0.5) is 0 Å². The minimum Gasteiger partial charge on any atom is -0.357 e. The molecular formula is C21H18N2O2. The van der Waals surface area contributed by atoms with E-state index in [1.807, 2.05) is 91.1 Å². The Morgan fingerprint density at radius 2 is 1.64 bits per heavy atom. The minimum absolute atomic E-state index is 0.434. The molecule has 2 aliphatic heterocycles. The van der Waals surface area contributed by atoms with Crippen LogP contribution >= 0.6 is 0 Å². The van der Waals surface area contributed by atoms with Crippen LogP contribution < -0.4 is 0 Å². The van der Waals surface area contributed by atoms with Crippen molar-refractivity contribution in [3.63, 3.8) is 0 Å². The molecule has 1 aromatic rings. The van der Waals surface area contributed by atoms with E-state index in [9.17, 15) is 4.79 Å². The molecule has 25 heavy (non-hydrogen) atoms. The summed E-state index contributed by atoms with van der Waals surface area (Å²) in [6.07, 6.45) is 19.3. The Balaban J connectivity index is 1.65. The SMILES string of the molecule is CN1C=CC(=CC=CC=CC=C2C(=O)ON=C2c2ccccc2)C=C1. The van der Waals surface area contributed by atoms with Gasteiger partial charge in [0, 0.05) is 25.0 Å². The molecule has 4 nitrogen and oxygen atoms in total. The summed E-state index contributed by atoms with van der Waals surface area (Å²) in [5, 5.41) is 3.87. The first-order valence-corrected chi connectivity index (χ1v) is 7.93. The normalized spacial score (nSPS) is 18.5. The molecular weight excluding hydrogens is 312 g/mol. The Morgan fingerprint density at radius 3 is 2.36 bits per heavy atom. The van der Waals surface area contributed by atoms with Crippen molar-refractivity contribution in [2.45, 2.75) is 0 Å². The van der Waals surface area contributed by atoms with E-state index in [0.717, 1.165) is 11.1 Å². The standard InChI is InChI=1S/C21H18N2O2/c1-23-15-13-17(14-16-23)9-5-2-3-8-12-19-20(22-25-21(19)24)18-10-6-4-7-11-18/h2-16H,1H3. The lowest BCUT2D eigenvalue weighted by Crippen LogP contribution is -2.06. The number of allylic oxidation sites excluding steroid dienone is 9. The van der Waals surface area contributed by atoms with Gasteiger partial charge >= 0.3 is 5.97 Å². The molecule has 0 radical (unpaired) electrons. The fourth-order valence-corrected chi connectivity index (χ4v) is 2.30. The summed E-state index contributed by atoms with van der Waals surface area (Å²) in [5.74, 6) is -0.434. The molecule has 3 rings (SSSR count). The minimum atomic E-state index is -0.434. The largest absolute Gasteiger partial charge is 0.368 e. The first-order chi connectivity index (χ1) is 12.2. The smallest absolute Gasteiger partial charge is 0.357 e. The molecule has 0 unspecified atom stereocenters. The highest BCUT2D eigenvalue weighted by molar-refractivity contribution is 6.28. The molecule has 0 fully saturated rings. The first-order valence-electron chi connectivity index (χ1n) is 7.93. The summed E-state index contributed by atoms with van der Waals surface area (Å²) in [4.78, 5) is 18.6. The fraction of sp³-hybridized carbons (Fsp3) is 0.0476. The monoisotopic (exact) mass is 330 g/mol. The lowest BCUT2D eigenvalue weighted by molar-refractivity contribution is -0.136. The van der Waals surface area contributed by atoms with Crippen molar-refractivity contribution in [2.75, 3.05) is 7.05 Å². The third-order valence-electron chi connectivity index (χ3n) is 3.63. The highest BCUT2D eigenvalue weighted by atomic mass is 16.7. The van der Waals surface area contributed by atoms with Crippen LogP contribution in [0.15, 0.2) is 108 Å². The quantitative estimate of drug-likeness (QED) is 0.478. The molecule has 0 saturated heterocycles. The summed E-state index contributed by atoms with van der Waals surface area (Å²) in [5.41, 5.74) is 2.99. The molecule has 1 aromatic carbocycles. The zero-order valence-electron chi connectivity index (χ0n) is 13.9. The summed E-state index contributed by atoms with van der Waals surface area (Å²) in [6, 6.07) is 9.51. The lowest BCUT2D eigenvalue weighted by atomic mass is 10.0. The molecule has 0 aromatic heterocycles. The highest BCUT2D eigenvalue weighted by Crippen LogP contribution is 2.17. The van der Waals surface area contributed by atoms with Crippen molar-refractivity contribution >= 4 is 11.7 Å². The maximum Gasteiger partial charge on any atom is 0.368 e. The molecule has 0 atom stereocenters. The van der Waals surface area contributed by atoms with Gasteiger partial charge in [-0.15, -0.1) is 0 Å². The summed E-state index contributed by atoms with van der Waals surface area (Å²) in [7, 11) is 1.98. The second-order valence-corrected chi connectivity index (χ2v) is 5.50. The Kier molecular flexibility index (Phi) is 5.22. The number of carbonyl (C=O) groups is 1. The molecule has 0 N–H and O–H groups in total. The first kappa shape index (κ1) is 16.5. The topological polar surface area (TPSA) is 41.9 Å². The van der Waals surface area contributed by atoms with E-state index in [0.29, 0.717) is 11.3 Å². The van der Waals surface area contributed by atoms with Crippen molar-refractivity contribution in [1.29, 1.82) is 0 Å². The maximum atomic E-state index is 11.8. The molecule has 0 saturated carbocycles. The van der Waals surface area contributed by atoms with Gasteiger partial charge in [0.25, 0.3) is 0 Å². The number of rotatable bonds is 4. The third-order valence-corrected chi connectivity index (χ3v) is 3.63. The molecule has 124 valence electrons. The second-order valence-electron chi connectivity index (χ2n) is 5.50. The van der Waals surface area contributed by atoms with Gasteiger partial charge in [-0.1, -0.05) is 65.9 Å². The van der Waals surface area contributed by atoms with Gasteiger partial charge < -0.3 is 9.74 Å². The Hall–Kier alpha value is -3.40. The van der Waals surface area contributed by atoms with E-state index in [1.54, 1.807) is 12.2 Å². The zero-order valence-corrected chi connectivity index (χ0v) is 13.9. The van der Waals surface area contributed by atoms with Gasteiger partial charge in [-0.2, -0.15) is 0 Å². The van der Waals surface area contributed by atoms with Gasteiger partial charge in [0.05, 0.1) is 5.57 Å². The third kappa shape index (κ3) is 4.32. The van der Waals surface area contributed by atoms with Crippen LogP contribution in [0.5, 0.6) is 0 Å². The molecule has 2 aliphatic rings. The van der Waals surface area contributed by atoms with Crippen LogP contribution in [0.25, 0.3) is 0 Å². The highest BCUT2D eigenvalue weighted by Gasteiger charge is 2.25. The molecule has 0 spiro atoms. The van der Waals surface area contributed by atoms with Crippen molar-refractivity contribution < 1.29 is 9.63 Å². The summed E-state index contributed by atoms with van der Waals surface area (Å²) in [6.45, 7) is 0. The van der Waals surface area contributed by atoms with E-state index in [4.69, 9.17) is 4.84 Å². The average molecular weight is 330 g/mol. The van der Waals surface area contributed by atoms with Crippen molar-refractivity contribution in [1.82, 2.24) is 4.90 Å². The van der Waals surface area contributed by atoms with Crippen molar-refractivity contribution in [3.8, 4) is 0 Å². The van der Waals surface area contributed by atoms with Gasteiger partial charge in [-0.25, -0.2) is 4.79 Å². The predicted molar refractivity (Wildman–Crippen MR) is 99.6 cm³/mol. The van der Waals surface area contributed by atoms with Crippen LogP contribution in [0.2, 0.25) is 0 Å². The van der Waals surface area contributed by atoms with Gasteiger partial charge in [-0.3, -0.25) is 0 Å². The van der Waals surface area contributed by atoms with Crippen molar-refractivity contribution in [3.05, 3.63) is 108 Å². The predicted octanol–water partition coefficient (Wildman–Crippen LogP) is 3.89. The average Bonchev–Trinajstić information content (AvgIpc) is 3.01. The van der Waals surface area contributed by atoms with Crippen molar-refractivity contribution in [2.24, 2.45) is 5.16 Å². The Morgan fingerprint density at radius 1 is 0.960 bits per heavy atom. The molecule has 0 aliphatic carbocycles. The lowest BCUT2D eigenvalue weighted by Gasteiger charge is -2.11. The van der Waals surface area contributed by atoms with Gasteiger partial charge in [0.2, 0.25) is 0 Å². The number of nitrogens with zero attached hydrogens (tertiary/aromatic N) is 2. The number of hydrogen-bond donors (Lipinski definition) is 0. The number of oxime groups is 1. The van der Waals surface area contributed by atoms with Gasteiger partial charge in [0.15, 0.2) is 0 Å². The van der Waals surface area contributed by atoms with E-state index in [-0.39, 0.29) is 0 Å². The fourth-order valence-electron chi connectivity index (χ4n) is 2.30. The molecule has 4 heteroatoms. The summed E-state index contributed by atoms with van der Waals surface area (Å²) >= 11 is 0. The number of benzene rings is 1. The van der Waals surface area contributed by atoms with E-state index in [2.05, 4.69) is 5.16 Å². The summed E-state index contributed by atoms with van der Waals surface area (Å²) < 4.78 is 0. The number of hydrogen-bond acceptors (Lipinski definition) is 4. The van der Waals surface area contributed by atoms with Gasteiger partial charge in [-0.05, 0) is 23.8 Å². The zero-order chi connectivity index (χ0) is 17.5.